The quantitative estimate of drug-likeness (QED) is 0.837. The van der Waals surface area contributed by atoms with Crippen molar-refractivity contribution < 1.29 is 9.53 Å². The number of esters is 1. The van der Waals surface area contributed by atoms with E-state index in [2.05, 4.69) is 35.1 Å². The number of anilines is 1. The van der Waals surface area contributed by atoms with E-state index in [1.807, 2.05) is 24.3 Å². The predicted octanol–water partition coefficient (Wildman–Crippen LogP) is 4.23. The second-order valence-corrected chi connectivity index (χ2v) is 6.73. The molecule has 0 heterocycles. The molecule has 1 fully saturated rings. The number of carbonyl (C=O) groups is 1. The summed E-state index contributed by atoms with van der Waals surface area (Å²) >= 11 is 3.53. The summed E-state index contributed by atoms with van der Waals surface area (Å²) in [5.41, 5.74) is 0.338. The van der Waals surface area contributed by atoms with Gasteiger partial charge in [-0.25, -0.2) is 4.79 Å². The number of nitrogens with one attached hydrogen (secondary N) is 1. The molecule has 0 radical (unpaired) electrons. The van der Waals surface area contributed by atoms with Crippen molar-refractivity contribution in [1.29, 1.82) is 0 Å². The Labute approximate surface area is 129 Å². The van der Waals surface area contributed by atoms with E-state index in [0.717, 1.165) is 29.4 Å². The van der Waals surface area contributed by atoms with Crippen LogP contribution in [0.25, 0.3) is 0 Å². The molecule has 1 aliphatic rings. The van der Waals surface area contributed by atoms with Gasteiger partial charge in [0.15, 0.2) is 0 Å². The largest absolute Gasteiger partial charge is 0.467 e. The smallest absolute Gasteiger partial charge is 0.331 e. The van der Waals surface area contributed by atoms with E-state index in [0.29, 0.717) is 11.8 Å². The predicted molar refractivity (Wildman–Crippen MR) is 84.7 cm³/mol. The minimum absolute atomic E-state index is 0.160. The van der Waals surface area contributed by atoms with E-state index in [1.54, 1.807) is 0 Å². The molecule has 4 heteroatoms. The molecule has 0 aromatic heterocycles. The Morgan fingerprint density at radius 2 is 2.05 bits per heavy atom. The van der Waals surface area contributed by atoms with Crippen molar-refractivity contribution in [2.75, 3.05) is 12.4 Å². The Hall–Kier alpha value is -1.03. The SMILES string of the molecule is COC(=O)C1(Nc2ccccc2Br)CCC(C)C(C)C1. The zero-order valence-electron chi connectivity index (χ0n) is 12.3. The highest BCUT2D eigenvalue weighted by atomic mass is 79.9. The van der Waals surface area contributed by atoms with E-state index in [9.17, 15) is 4.79 Å². The number of hydrogen-bond acceptors (Lipinski definition) is 3. The van der Waals surface area contributed by atoms with Crippen LogP contribution in [0.1, 0.15) is 33.1 Å². The Morgan fingerprint density at radius 3 is 2.65 bits per heavy atom. The van der Waals surface area contributed by atoms with Crippen molar-refractivity contribution >= 4 is 27.6 Å². The minimum Gasteiger partial charge on any atom is -0.467 e. The van der Waals surface area contributed by atoms with Gasteiger partial charge in [-0.2, -0.15) is 0 Å². The van der Waals surface area contributed by atoms with Gasteiger partial charge in [0.2, 0.25) is 0 Å². The van der Waals surface area contributed by atoms with E-state index in [1.165, 1.54) is 7.11 Å². The number of methoxy groups -OCH3 is 1. The highest BCUT2D eigenvalue weighted by molar-refractivity contribution is 9.10. The van der Waals surface area contributed by atoms with Crippen LogP contribution in [-0.4, -0.2) is 18.6 Å². The fraction of sp³-hybridized carbons (Fsp3) is 0.562. The monoisotopic (exact) mass is 339 g/mol. The lowest BCUT2D eigenvalue weighted by Gasteiger charge is -2.41. The van der Waals surface area contributed by atoms with Crippen LogP contribution < -0.4 is 5.32 Å². The summed E-state index contributed by atoms with van der Waals surface area (Å²) in [5.74, 6) is 0.985. The number of para-hydroxylation sites is 1. The van der Waals surface area contributed by atoms with Gasteiger partial charge in [0.1, 0.15) is 5.54 Å². The van der Waals surface area contributed by atoms with Gasteiger partial charge < -0.3 is 10.1 Å². The molecule has 0 amide bonds. The van der Waals surface area contributed by atoms with Gasteiger partial charge in [0, 0.05) is 10.2 Å². The van der Waals surface area contributed by atoms with Gasteiger partial charge in [-0.1, -0.05) is 26.0 Å². The van der Waals surface area contributed by atoms with E-state index >= 15 is 0 Å². The fourth-order valence-corrected chi connectivity index (χ4v) is 3.36. The Morgan fingerprint density at radius 1 is 1.35 bits per heavy atom. The molecule has 0 spiro atoms. The molecule has 3 nitrogen and oxygen atoms in total. The molecule has 1 aliphatic carbocycles. The molecule has 0 saturated heterocycles. The molecule has 3 atom stereocenters. The lowest BCUT2D eigenvalue weighted by Crippen LogP contribution is -2.51. The summed E-state index contributed by atoms with van der Waals surface area (Å²) in [6, 6.07) is 7.89. The van der Waals surface area contributed by atoms with Crippen LogP contribution in [-0.2, 0) is 9.53 Å². The summed E-state index contributed by atoms with van der Waals surface area (Å²) in [7, 11) is 1.47. The molecule has 0 aliphatic heterocycles. The fourth-order valence-electron chi connectivity index (χ4n) is 2.98. The van der Waals surface area contributed by atoms with Gasteiger partial charge in [0.25, 0.3) is 0 Å². The van der Waals surface area contributed by atoms with Crippen LogP contribution in [0.5, 0.6) is 0 Å². The third-order valence-corrected chi connectivity index (χ3v) is 5.18. The van der Waals surface area contributed by atoms with Crippen LogP contribution in [0.4, 0.5) is 5.69 Å². The normalized spacial score (nSPS) is 29.8. The second kappa shape index (κ2) is 6.17. The van der Waals surface area contributed by atoms with Crippen LogP contribution in [0.2, 0.25) is 0 Å². The molecule has 20 heavy (non-hydrogen) atoms. The first-order valence-corrected chi connectivity index (χ1v) is 7.89. The van der Waals surface area contributed by atoms with Crippen molar-refractivity contribution in [3.05, 3.63) is 28.7 Å². The lowest BCUT2D eigenvalue weighted by molar-refractivity contribution is -0.148. The molecule has 1 aromatic rings. The number of rotatable bonds is 3. The highest BCUT2D eigenvalue weighted by Gasteiger charge is 2.45. The molecular weight excluding hydrogens is 318 g/mol. The molecule has 2 rings (SSSR count). The second-order valence-electron chi connectivity index (χ2n) is 5.88. The maximum atomic E-state index is 12.4. The molecule has 1 saturated carbocycles. The summed E-state index contributed by atoms with van der Waals surface area (Å²) in [6.07, 6.45) is 2.66. The Kier molecular flexibility index (Phi) is 4.74. The number of carbonyl (C=O) groups excluding carboxylic acids is 1. The molecule has 0 bridgehead atoms. The van der Waals surface area contributed by atoms with Crippen LogP contribution in [0.3, 0.4) is 0 Å². The third kappa shape index (κ3) is 3.00. The topological polar surface area (TPSA) is 38.3 Å². The molecule has 3 unspecified atom stereocenters. The number of halogens is 1. The highest BCUT2D eigenvalue weighted by Crippen LogP contribution is 2.40. The van der Waals surface area contributed by atoms with Gasteiger partial charge in [-0.3, -0.25) is 0 Å². The standard InChI is InChI=1S/C16H22BrNO2/c1-11-8-9-16(10-12(11)2,15(19)20-3)18-14-7-5-4-6-13(14)17/h4-7,11-12,18H,8-10H2,1-3H3. The van der Waals surface area contributed by atoms with Gasteiger partial charge in [-0.05, 0) is 59.2 Å². The molecule has 1 aromatic carbocycles. The zero-order valence-corrected chi connectivity index (χ0v) is 13.9. The van der Waals surface area contributed by atoms with E-state index < -0.39 is 5.54 Å². The number of hydrogen-bond donors (Lipinski definition) is 1. The van der Waals surface area contributed by atoms with Crippen LogP contribution in [0, 0.1) is 11.8 Å². The number of ether oxygens (including phenoxy) is 1. The first-order valence-electron chi connectivity index (χ1n) is 7.09. The average Bonchev–Trinajstić information content (AvgIpc) is 2.44. The lowest BCUT2D eigenvalue weighted by atomic mass is 9.71. The Balaban J connectivity index is 2.29. The van der Waals surface area contributed by atoms with Crippen molar-refractivity contribution in [1.82, 2.24) is 0 Å². The van der Waals surface area contributed by atoms with Crippen molar-refractivity contribution in [3.63, 3.8) is 0 Å². The summed E-state index contributed by atoms with van der Waals surface area (Å²) in [5, 5.41) is 3.44. The molecular formula is C16H22BrNO2. The first kappa shape index (κ1) is 15.4. The zero-order chi connectivity index (χ0) is 14.8. The molecule has 1 N–H and O–H groups in total. The Bertz CT molecular complexity index is 491. The third-order valence-electron chi connectivity index (χ3n) is 4.49. The van der Waals surface area contributed by atoms with E-state index in [4.69, 9.17) is 4.74 Å². The average molecular weight is 340 g/mol. The first-order chi connectivity index (χ1) is 9.48. The van der Waals surface area contributed by atoms with Crippen LogP contribution in [0.15, 0.2) is 28.7 Å². The summed E-state index contributed by atoms with van der Waals surface area (Å²) in [4.78, 5) is 12.4. The van der Waals surface area contributed by atoms with Crippen molar-refractivity contribution in [3.8, 4) is 0 Å². The van der Waals surface area contributed by atoms with Gasteiger partial charge in [-0.15, -0.1) is 0 Å². The summed E-state index contributed by atoms with van der Waals surface area (Å²) in [6.45, 7) is 4.47. The van der Waals surface area contributed by atoms with E-state index in [-0.39, 0.29) is 5.97 Å². The van der Waals surface area contributed by atoms with Crippen LogP contribution >= 0.6 is 15.9 Å². The number of benzene rings is 1. The summed E-state index contributed by atoms with van der Waals surface area (Å²) < 4.78 is 6.04. The minimum atomic E-state index is -0.607. The maximum absolute atomic E-state index is 12.4. The molecule has 110 valence electrons. The maximum Gasteiger partial charge on any atom is 0.331 e. The van der Waals surface area contributed by atoms with Gasteiger partial charge in [0.05, 0.1) is 7.11 Å². The van der Waals surface area contributed by atoms with Crippen molar-refractivity contribution in [2.24, 2.45) is 11.8 Å². The van der Waals surface area contributed by atoms with Gasteiger partial charge >= 0.3 is 5.97 Å². The van der Waals surface area contributed by atoms with Crippen molar-refractivity contribution in [2.45, 2.75) is 38.6 Å².